The highest BCUT2D eigenvalue weighted by Crippen LogP contribution is 2.29. The molecule has 0 bridgehead atoms. The van der Waals surface area contributed by atoms with E-state index in [-0.39, 0.29) is 17.4 Å². The first-order valence-electron chi connectivity index (χ1n) is 7.50. The summed E-state index contributed by atoms with van der Waals surface area (Å²) < 4.78 is 37.7. The summed E-state index contributed by atoms with van der Waals surface area (Å²) in [6, 6.07) is 2.33. The Morgan fingerprint density at radius 2 is 1.72 bits per heavy atom. The van der Waals surface area contributed by atoms with Crippen LogP contribution < -0.4 is 10.6 Å². The lowest BCUT2D eigenvalue weighted by Crippen LogP contribution is -2.49. The molecule has 132 valence electrons. The first kappa shape index (κ1) is 16.9. The summed E-state index contributed by atoms with van der Waals surface area (Å²) in [4.78, 5) is 27.5. The molecule has 0 saturated carbocycles. The van der Waals surface area contributed by atoms with E-state index < -0.39 is 11.7 Å². The van der Waals surface area contributed by atoms with Gasteiger partial charge >= 0.3 is 6.18 Å². The van der Waals surface area contributed by atoms with Gasteiger partial charge in [-0.1, -0.05) is 0 Å². The molecule has 0 unspecified atom stereocenters. The number of aromatic nitrogens is 3. The van der Waals surface area contributed by atoms with Crippen LogP contribution in [0.2, 0.25) is 0 Å². The number of nitrogen functional groups attached to an aromatic ring is 1. The van der Waals surface area contributed by atoms with Crippen molar-refractivity contribution in [3.05, 3.63) is 42.0 Å². The number of amides is 1. The summed E-state index contributed by atoms with van der Waals surface area (Å²) in [7, 11) is 0. The molecule has 0 aliphatic carbocycles. The van der Waals surface area contributed by atoms with E-state index in [0.717, 1.165) is 12.3 Å². The van der Waals surface area contributed by atoms with Crippen molar-refractivity contribution in [2.24, 2.45) is 0 Å². The summed E-state index contributed by atoms with van der Waals surface area (Å²) in [5.74, 6) is 0.198. The van der Waals surface area contributed by atoms with Crippen LogP contribution in [0.15, 0.2) is 30.7 Å². The Morgan fingerprint density at radius 1 is 1.04 bits per heavy atom. The van der Waals surface area contributed by atoms with Crippen molar-refractivity contribution in [2.75, 3.05) is 36.8 Å². The highest BCUT2D eigenvalue weighted by atomic mass is 19.4. The van der Waals surface area contributed by atoms with E-state index >= 15 is 0 Å². The zero-order chi connectivity index (χ0) is 18.0. The molecule has 1 fully saturated rings. The number of hydrogen-bond donors (Lipinski definition) is 1. The van der Waals surface area contributed by atoms with Crippen molar-refractivity contribution in [2.45, 2.75) is 6.18 Å². The minimum absolute atomic E-state index is 0.0688. The van der Waals surface area contributed by atoms with Crippen LogP contribution in [0.4, 0.5) is 24.8 Å². The third-order valence-corrected chi connectivity index (χ3v) is 3.90. The minimum Gasteiger partial charge on any atom is -0.382 e. The maximum atomic E-state index is 12.6. The highest BCUT2D eigenvalue weighted by molar-refractivity contribution is 5.96. The van der Waals surface area contributed by atoms with Crippen LogP contribution in [-0.2, 0) is 6.18 Å². The van der Waals surface area contributed by atoms with Gasteiger partial charge in [0.1, 0.15) is 5.82 Å². The minimum atomic E-state index is -4.41. The maximum Gasteiger partial charge on any atom is 0.417 e. The molecule has 1 aliphatic heterocycles. The van der Waals surface area contributed by atoms with Crippen molar-refractivity contribution in [3.63, 3.8) is 0 Å². The average molecular weight is 352 g/mol. The number of alkyl halides is 3. The second-order valence-corrected chi connectivity index (χ2v) is 5.47. The molecule has 7 nitrogen and oxygen atoms in total. The number of nitrogens with zero attached hydrogens (tertiary/aromatic N) is 5. The Hall–Kier alpha value is -2.91. The van der Waals surface area contributed by atoms with Gasteiger partial charge in [-0.15, -0.1) is 0 Å². The number of rotatable bonds is 2. The van der Waals surface area contributed by atoms with Crippen LogP contribution >= 0.6 is 0 Å². The first-order chi connectivity index (χ1) is 11.9. The molecule has 2 N–H and O–H groups in total. The lowest BCUT2D eigenvalue weighted by atomic mass is 10.2. The second-order valence-electron chi connectivity index (χ2n) is 5.47. The van der Waals surface area contributed by atoms with Gasteiger partial charge in [0.05, 0.1) is 5.56 Å². The van der Waals surface area contributed by atoms with Crippen LogP contribution in [0.5, 0.6) is 0 Å². The lowest BCUT2D eigenvalue weighted by molar-refractivity contribution is -0.137. The molecule has 1 amide bonds. The van der Waals surface area contributed by atoms with Crippen LogP contribution in [0, 0.1) is 0 Å². The van der Waals surface area contributed by atoms with Crippen molar-refractivity contribution in [3.8, 4) is 0 Å². The molecular formula is C15H15F3N6O. The summed E-state index contributed by atoms with van der Waals surface area (Å²) in [6.07, 6.45) is -0.799. The smallest absolute Gasteiger partial charge is 0.382 e. The largest absolute Gasteiger partial charge is 0.417 e. The SMILES string of the molecule is Nc1nccnc1C(=O)N1CCN(c2ccc(C(F)(F)F)cn2)CC1. The molecule has 10 heteroatoms. The molecule has 3 heterocycles. The fourth-order valence-corrected chi connectivity index (χ4v) is 2.54. The van der Waals surface area contributed by atoms with E-state index in [4.69, 9.17) is 5.73 Å². The Morgan fingerprint density at radius 3 is 2.28 bits per heavy atom. The third-order valence-electron chi connectivity index (χ3n) is 3.90. The molecule has 3 rings (SSSR count). The second kappa shape index (κ2) is 6.54. The van der Waals surface area contributed by atoms with E-state index in [9.17, 15) is 18.0 Å². The standard InChI is InChI=1S/C15H15F3N6O/c16-15(17,18)10-1-2-11(22-9-10)23-5-7-24(8-6-23)14(25)12-13(19)21-4-3-20-12/h1-4,9H,5-8H2,(H2,19,21). The van der Waals surface area contributed by atoms with Gasteiger partial charge in [0, 0.05) is 44.8 Å². The molecule has 0 aromatic carbocycles. The van der Waals surface area contributed by atoms with Gasteiger partial charge < -0.3 is 15.5 Å². The topological polar surface area (TPSA) is 88.2 Å². The Bertz CT molecular complexity index is 757. The maximum absolute atomic E-state index is 12.6. The molecular weight excluding hydrogens is 337 g/mol. The summed E-state index contributed by atoms with van der Waals surface area (Å²) in [6.45, 7) is 1.67. The number of nitrogens with two attached hydrogens (primary N) is 1. The Kier molecular flexibility index (Phi) is 4.43. The number of piperazine rings is 1. The third kappa shape index (κ3) is 3.62. The molecule has 1 saturated heterocycles. The zero-order valence-corrected chi connectivity index (χ0v) is 13.1. The van der Waals surface area contributed by atoms with Gasteiger partial charge in [-0.25, -0.2) is 15.0 Å². The number of anilines is 2. The number of halogens is 3. The van der Waals surface area contributed by atoms with E-state index in [1.165, 1.54) is 18.5 Å². The molecule has 0 radical (unpaired) electrons. The molecule has 2 aromatic heterocycles. The van der Waals surface area contributed by atoms with Gasteiger partial charge in [0.2, 0.25) is 0 Å². The fraction of sp³-hybridized carbons (Fsp3) is 0.333. The highest BCUT2D eigenvalue weighted by Gasteiger charge is 2.31. The number of carbonyl (C=O) groups excluding carboxylic acids is 1. The van der Waals surface area contributed by atoms with Crippen LogP contribution in [0.25, 0.3) is 0 Å². The van der Waals surface area contributed by atoms with Crippen molar-refractivity contribution < 1.29 is 18.0 Å². The monoisotopic (exact) mass is 352 g/mol. The normalized spacial score (nSPS) is 15.3. The van der Waals surface area contributed by atoms with E-state index in [1.54, 1.807) is 4.90 Å². The molecule has 1 aliphatic rings. The Balaban J connectivity index is 1.64. The van der Waals surface area contributed by atoms with Crippen molar-refractivity contribution in [1.29, 1.82) is 0 Å². The quantitative estimate of drug-likeness (QED) is 0.880. The molecule has 0 spiro atoms. The van der Waals surface area contributed by atoms with E-state index in [2.05, 4.69) is 15.0 Å². The van der Waals surface area contributed by atoms with Crippen LogP contribution in [-0.4, -0.2) is 51.9 Å². The van der Waals surface area contributed by atoms with Crippen LogP contribution in [0.3, 0.4) is 0 Å². The van der Waals surface area contributed by atoms with Crippen molar-refractivity contribution >= 4 is 17.5 Å². The lowest BCUT2D eigenvalue weighted by Gasteiger charge is -2.35. The number of hydrogen-bond acceptors (Lipinski definition) is 6. The number of pyridine rings is 1. The predicted octanol–water partition coefficient (Wildman–Crippen LogP) is 1.44. The van der Waals surface area contributed by atoms with Gasteiger partial charge in [0.25, 0.3) is 5.91 Å². The summed E-state index contributed by atoms with van der Waals surface area (Å²) in [5, 5.41) is 0. The van der Waals surface area contributed by atoms with E-state index in [0.29, 0.717) is 32.0 Å². The van der Waals surface area contributed by atoms with Gasteiger partial charge in [-0.05, 0) is 12.1 Å². The zero-order valence-electron chi connectivity index (χ0n) is 13.1. The summed E-state index contributed by atoms with van der Waals surface area (Å²) >= 11 is 0. The molecule has 2 aromatic rings. The molecule has 0 atom stereocenters. The van der Waals surface area contributed by atoms with Crippen molar-refractivity contribution in [1.82, 2.24) is 19.9 Å². The first-order valence-corrected chi connectivity index (χ1v) is 7.50. The van der Waals surface area contributed by atoms with Crippen LogP contribution in [0.1, 0.15) is 16.1 Å². The van der Waals surface area contributed by atoms with Gasteiger partial charge in [-0.3, -0.25) is 4.79 Å². The van der Waals surface area contributed by atoms with Gasteiger partial charge in [0.15, 0.2) is 11.5 Å². The van der Waals surface area contributed by atoms with E-state index in [1.807, 2.05) is 4.90 Å². The average Bonchev–Trinajstić information content (AvgIpc) is 2.61. The predicted molar refractivity (Wildman–Crippen MR) is 83.8 cm³/mol. The summed E-state index contributed by atoms with van der Waals surface area (Å²) in [5.41, 5.74) is 4.97. The Labute approximate surface area is 141 Å². The fourth-order valence-electron chi connectivity index (χ4n) is 2.54. The molecule has 25 heavy (non-hydrogen) atoms. The van der Waals surface area contributed by atoms with Gasteiger partial charge in [-0.2, -0.15) is 13.2 Å². The number of carbonyl (C=O) groups is 1.